The average Bonchev–Trinajstić information content (AvgIpc) is 3.12. The molecule has 3 aromatic rings. The van der Waals surface area contributed by atoms with Crippen molar-refractivity contribution in [3.8, 4) is 0 Å². The van der Waals surface area contributed by atoms with E-state index in [4.69, 9.17) is 23.2 Å². The van der Waals surface area contributed by atoms with E-state index >= 15 is 0 Å². The molecule has 142 valence electrons. The molecule has 9 heteroatoms. The van der Waals surface area contributed by atoms with Crippen LogP contribution in [0.3, 0.4) is 0 Å². The van der Waals surface area contributed by atoms with Crippen LogP contribution in [0.25, 0.3) is 0 Å². The third kappa shape index (κ3) is 4.20. The molecule has 0 atom stereocenters. The van der Waals surface area contributed by atoms with E-state index < -0.39 is 0 Å². The van der Waals surface area contributed by atoms with E-state index in [9.17, 15) is 4.79 Å². The van der Waals surface area contributed by atoms with Gasteiger partial charge in [-0.15, -0.1) is 0 Å². The first-order chi connectivity index (χ1) is 12.8. The number of amides is 1. The number of hydrogen-bond donors (Lipinski definition) is 1. The Labute approximate surface area is 175 Å². The highest BCUT2D eigenvalue weighted by atomic mass is 79.9. The molecule has 0 aliphatic heterocycles. The second-order valence-corrected chi connectivity index (χ2v) is 7.77. The number of anilines is 1. The van der Waals surface area contributed by atoms with Crippen molar-refractivity contribution in [1.82, 2.24) is 19.6 Å². The second kappa shape index (κ2) is 8.04. The van der Waals surface area contributed by atoms with Crippen LogP contribution in [-0.2, 0) is 13.1 Å². The Kier molecular flexibility index (Phi) is 5.93. The van der Waals surface area contributed by atoms with Crippen LogP contribution in [0.2, 0.25) is 10.0 Å². The van der Waals surface area contributed by atoms with Crippen LogP contribution in [0.5, 0.6) is 0 Å². The molecule has 0 aliphatic rings. The van der Waals surface area contributed by atoms with Crippen molar-refractivity contribution in [3.63, 3.8) is 0 Å². The van der Waals surface area contributed by atoms with Crippen molar-refractivity contribution in [3.05, 3.63) is 61.6 Å². The van der Waals surface area contributed by atoms with E-state index in [1.54, 1.807) is 27.7 Å². The Morgan fingerprint density at radius 2 is 2.00 bits per heavy atom. The van der Waals surface area contributed by atoms with E-state index in [0.29, 0.717) is 39.0 Å². The molecule has 3 rings (SSSR count). The van der Waals surface area contributed by atoms with Crippen molar-refractivity contribution in [2.75, 3.05) is 5.32 Å². The highest BCUT2D eigenvalue weighted by Gasteiger charge is 2.20. The van der Waals surface area contributed by atoms with Crippen LogP contribution < -0.4 is 5.32 Å². The lowest BCUT2D eigenvalue weighted by Crippen LogP contribution is -2.15. The molecule has 0 unspecified atom stereocenters. The molecule has 0 radical (unpaired) electrons. The van der Waals surface area contributed by atoms with Gasteiger partial charge >= 0.3 is 0 Å². The SMILES string of the molecule is CCn1cc(Br)c(C(=O)Nc2c(C)nn(Cc3ccc(Cl)cc3Cl)c2C)n1. The summed E-state index contributed by atoms with van der Waals surface area (Å²) in [4.78, 5) is 12.6. The van der Waals surface area contributed by atoms with Crippen LogP contribution in [-0.4, -0.2) is 25.5 Å². The van der Waals surface area contributed by atoms with Crippen LogP contribution in [0.15, 0.2) is 28.9 Å². The Morgan fingerprint density at radius 1 is 1.26 bits per heavy atom. The Balaban J connectivity index is 1.85. The summed E-state index contributed by atoms with van der Waals surface area (Å²) in [6, 6.07) is 5.36. The molecule has 27 heavy (non-hydrogen) atoms. The number of benzene rings is 1. The van der Waals surface area contributed by atoms with Gasteiger partial charge in [-0.2, -0.15) is 10.2 Å². The molecule has 0 saturated carbocycles. The third-order valence-corrected chi connectivity index (χ3v) is 5.38. The predicted molar refractivity (Wildman–Crippen MR) is 111 cm³/mol. The Bertz CT molecular complexity index is 1010. The molecule has 0 saturated heterocycles. The number of nitrogens with one attached hydrogen (secondary N) is 1. The Morgan fingerprint density at radius 3 is 2.63 bits per heavy atom. The van der Waals surface area contributed by atoms with E-state index in [1.807, 2.05) is 26.8 Å². The first-order valence-electron chi connectivity index (χ1n) is 8.32. The Hall–Kier alpha value is -1.83. The largest absolute Gasteiger partial charge is 0.317 e. The normalized spacial score (nSPS) is 11.0. The molecular formula is C18H18BrCl2N5O. The number of carbonyl (C=O) groups excluding carboxylic acids is 1. The third-order valence-electron chi connectivity index (χ3n) is 4.21. The summed E-state index contributed by atoms with van der Waals surface area (Å²) in [6.45, 7) is 6.87. The topological polar surface area (TPSA) is 64.7 Å². The number of carbonyl (C=O) groups is 1. The minimum absolute atomic E-state index is 0.288. The van der Waals surface area contributed by atoms with E-state index in [0.717, 1.165) is 17.0 Å². The molecule has 0 aliphatic carbocycles. The van der Waals surface area contributed by atoms with Crippen molar-refractivity contribution in [1.29, 1.82) is 0 Å². The second-order valence-electron chi connectivity index (χ2n) is 6.07. The minimum Gasteiger partial charge on any atom is -0.317 e. The number of rotatable bonds is 5. The van der Waals surface area contributed by atoms with Gasteiger partial charge in [-0.3, -0.25) is 14.2 Å². The van der Waals surface area contributed by atoms with Crippen LogP contribution in [0.1, 0.15) is 34.4 Å². The number of nitrogens with zero attached hydrogens (tertiary/aromatic N) is 4. The summed E-state index contributed by atoms with van der Waals surface area (Å²) in [7, 11) is 0. The van der Waals surface area contributed by atoms with Crippen molar-refractivity contribution < 1.29 is 4.79 Å². The van der Waals surface area contributed by atoms with E-state index in [1.165, 1.54) is 0 Å². The van der Waals surface area contributed by atoms with Gasteiger partial charge in [0, 0.05) is 22.8 Å². The fourth-order valence-corrected chi connectivity index (χ4v) is 3.69. The van der Waals surface area contributed by atoms with Gasteiger partial charge in [0.15, 0.2) is 5.69 Å². The first-order valence-corrected chi connectivity index (χ1v) is 9.87. The molecule has 2 aromatic heterocycles. The molecule has 0 spiro atoms. The van der Waals surface area contributed by atoms with Gasteiger partial charge < -0.3 is 5.32 Å². The predicted octanol–water partition coefficient (Wildman–Crippen LogP) is 5.09. The summed E-state index contributed by atoms with van der Waals surface area (Å²) in [5.74, 6) is -0.288. The van der Waals surface area contributed by atoms with Crippen molar-refractivity contribution >= 4 is 50.7 Å². The number of aryl methyl sites for hydroxylation is 2. The standard InChI is InChI=1S/C18H18BrCl2N5O/c1-4-25-9-14(19)17(24-25)18(27)22-16-10(2)23-26(11(16)3)8-12-5-6-13(20)7-15(12)21/h5-7,9H,4,8H2,1-3H3,(H,22,27). The molecular weight excluding hydrogens is 453 g/mol. The van der Waals surface area contributed by atoms with Gasteiger partial charge in [0.05, 0.1) is 28.1 Å². The minimum atomic E-state index is -0.288. The van der Waals surface area contributed by atoms with Gasteiger partial charge in [-0.25, -0.2) is 0 Å². The molecule has 2 heterocycles. The monoisotopic (exact) mass is 469 g/mol. The van der Waals surface area contributed by atoms with E-state index in [2.05, 4.69) is 31.4 Å². The number of hydrogen-bond acceptors (Lipinski definition) is 3. The average molecular weight is 471 g/mol. The molecule has 1 amide bonds. The zero-order valence-corrected chi connectivity index (χ0v) is 18.2. The lowest BCUT2D eigenvalue weighted by molar-refractivity contribution is 0.102. The lowest BCUT2D eigenvalue weighted by Gasteiger charge is -2.08. The lowest BCUT2D eigenvalue weighted by atomic mass is 10.2. The molecule has 1 aromatic carbocycles. The maximum Gasteiger partial charge on any atom is 0.277 e. The fourth-order valence-electron chi connectivity index (χ4n) is 2.73. The van der Waals surface area contributed by atoms with Crippen molar-refractivity contribution in [2.24, 2.45) is 0 Å². The maximum atomic E-state index is 12.6. The zero-order valence-electron chi connectivity index (χ0n) is 15.1. The van der Waals surface area contributed by atoms with Gasteiger partial charge in [0.1, 0.15) is 0 Å². The summed E-state index contributed by atoms with van der Waals surface area (Å²) >= 11 is 15.6. The number of halogens is 3. The van der Waals surface area contributed by atoms with Crippen molar-refractivity contribution in [2.45, 2.75) is 33.9 Å². The zero-order chi connectivity index (χ0) is 19.7. The molecule has 6 nitrogen and oxygen atoms in total. The quantitative estimate of drug-likeness (QED) is 0.565. The van der Waals surface area contributed by atoms with E-state index in [-0.39, 0.29) is 5.91 Å². The summed E-state index contributed by atoms with van der Waals surface area (Å²) < 4.78 is 4.15. The first kappa shape index (κ1) is 19.9. The van der Waals surface area contributed by atoms with Gasteiger partial charge in [0.2, 0.25) is 0 Å². The van der Waals surface area contributed by atoms with Crippen LogP contribution in [0, 0.1) is 13.8 Å². The summed E-state index contributed by atoms with van der Waals surface area (Å²) in [5.41, 5.74) is 3.45. The summed E-state index contributed by atoms with van der Waals surface area (Å²) in [6.07, 6.45) is 1.78. The fraction of sp³-hybridized carbons (Fsp3) is 0.278. The van der Waals surface area contributed by atoms with Crippen LogP contribution >= 0.6 is 39.1 Å². The highest BCUT2D eigenvalue weighted by Crippen LogP contribution is 2.26. The highest BCUT2D eigenvalue weighted by molar-refractivity contribution is 9.10. The smallest absolute Gasteiger partial charge is 0.277 e. The number of aromatic nitrogens is 4. The molecule has 0 bridgehead atoms. The van der Waals surface area contributed by atoms with Crippen LogP contribution in [0.4, 0.5) is 5.69 Å². The van der Waals surface area contributed by atoms with Gasteiger partial charge in [-0.1, -0.05) is 29.3 Å². The molecule has 1 N–H and O–H groups in total. The maximum absolute atomic E-state index is 12.6. The molecule has 0 fully saturated rings. The van der Waals surface area contributed by atoms with Gasteiger partial charge in [-0.05, 0) is 54.4 Å². The van der Waals surface area contributed by atoms with Gasteiger partial charge in [0.25, 0.3) is 5.91 Å². The summed E-state index contributed by atoms with van der Waals surface area (Å²) in [5, 5.41) is 12.9.